The number of thiazole rings is 1. The molecular weight excluding hydrogens is 202 g/mol. The Morgan fingerprint density at radius 3 is 3.07 bits per heavy atom. The molecule has 0 unspecified atom stereocenters. The summed E-state index contributed by atoms with van der Waals surface area (Å²) in [6, 6.07) is 0. The Labute approximate surface area is 84.6 Å². The molecule has 1 N–H and O–H groups in total. The smallest absolute Gasteiger partial charge is 0.279 e. The molecule has 74 valence electrons. The molecule has 6 heteroatoms. The highest BCUT2D eigenvalue weighted by Gasteiger charge is 2.04. The first-order valence-corrected chi connectivity index (χ1v) is 4.87. The normalized spacial score (nSPS) is 10.4. The third-order valence-electron chi connectivity index (χ3n) is 1.58. The molecule has 0 aromatic carbocycles. The molecule has 0 fully saturated rings. The second-order valence-electron chi connectivity index (χ2n) is 2.71. The van der Waals surface area contributed by atoms with E-state index in [1.807, 2.05) is 7.05 Å². The van der Waals surface area contributed by atoms with Crippen LogP contribution in [0.3, 0.4) is 0 Å². The quantitative estimate of drug-likeness (QED) is 0.827. The number of hydrogen-bond acceptors (Lipinski definition) is 5. The van der Waals surface area contributed by atoms with Crippen molar-refractivity contribution in [2.45, 2.75) is 6.61 Å². The van der Waals surface area contributed by atoms with Gasteiger partial charge in [-0.3, -0.25) is 4.68 Å². The van der Waals surface area contributed by atoms with Crippen molar-refractivity contribution < 1.29 is 9.84 Å². The number of hydrogen-bond donors (Lipinski definition) is 1. The predicted octanol–water partition coefficient (Wildman–Crippen LogP) is 1.16. The Morgan fingerprint density at radius 2 is 2.50 bits per heavy atom. The second-order valence-corrected chi connectivity index (χ2v) is 3.54. The lowest BCUT2D eigenvalue weighted by Crippen LogP contribution is -1.85. The highest BCUT2D eigenvalue weighted by molar-refractivity contribution is 7.11. The fourth-order valence-corrected chi connectivity index (χ4v) is 1.64. The third-order valence-corrected chi connectivity index (χ3v) is 2.35. The van der Waals surface area contributed by atoms with E-state index < -0.39 is 0 Å². The van der Waals surface area contributed by atoms with Gasteiger partial charge in [0.15, 0.2) is 5.75 Å². The van der Waals surface area contributed by atoms with E-state index in [4.69, 9.17) is 9.84 Å². The summed E-state index contributed by atoms with van der Waals surface area (Å²) in [4.78, 5) is 4.04. The van der Waals surface area contributed by atoms with Gasteiger partial charge in [0.25, 0.3) is 5.19 Å². The van der Waals surface area contributed by atoms with Gasteiger partial charge in [-0.1, -0.05) is 11.3 Å². The van der Waals surface area contributed by atoms with Crippen molar-refractivity contribution in [3.8, 4) is 10.9 Å². The molecule has 0 aliphatic heterocycles. The number of aryl methyl sites for hydroxylation is 1. The second kappa shape index (κ2) is 3.77. The average molecular weight is 211 g/mol. The summed E-state index contributed by atoms with van der Waals surface area (Å²) in [6.45, 7) is -0.0626. The van der Waals surface area contributed by atoms with Gasteiger partial charge in [-0.15, -0.1) is 0 Å². The molecule has 0 atom stereocenters. The van der Waals surface area contributed by atoms with E-state index in [0.717, 1.165) is 0 Å². The number of ether oxygens (including phenoxy) is 1. The van der Waals surface area contributed by atoms with Crippen LogP contribution in [0.5, 0.6) is 10.9 Å². The van der Waals surface area contributed by atoms with E-state index in [9.17, 15) is 0 Å². The summed E-state index contributed by atoms with van der Waals surface area (Å²) in [5, 5.41) is 15.0. The first-order chi connectivity index (χ1) is 6.78. The van der Waals surface area contributed by atoms with Crippen molar-refractivity contribution in [1.29, 1.82) is 0 Å². The van der Waals surface area contributed by atoms with Crippen LogP contribution in [0.2, 0.25) is 0 Å². The molecule has 0 amide bonds. The topological polar surface area (TPSA) is 60.2 Å². The lowest BCUT2D eigenvalue weighted by atomic mass is 10.5. The maximum absolute atomic E-state index is 8.79. The van der Waals surface area contributed by atoms with Crippen LogP contribution in [0.15, 0.2) is 17.8 Å². The van der Waals surface area contributed by atoms with Crippen LogP contribution in [-0.4, -0.2) is 19.9 Å². The van der Waals surface area contributed by atoms with Crippen molar-refractivity contribution in [3.05, 3.63) is 23.5 Å². The van der Waals surface area contributed by atoms with Gasteiger partial charge >= 0.3 is 0 Å². The molecule has 2 aromatic rings. The van der Waals surface area contributed by atoms with Crippen LogP contribution in [0, 0.1) is 0 Å². The molecule has 5 nitrogen and oxygen atoms in total. The minimum absolute atomic E-state index is 0.0626. The third kappa shape index (κ3) is 1.91. The van der Waals surface area contributed by atoms with Gasteiger partial charge in [-0.2, -0.15) is 5.10 Å². The summed E-state index contributed by atoms with van der Waals surface area (Å²) < 4.78 is 7.04. The molecular formula is C8H9N3O2S. The molecule has 0 saturated carbocycles. The van der Waals surface area contributed by atoms with Crippen LogP contribution in [0.4, 0.5) is 0 Å². The van der Waals surface area contributed by atoms with Crippen molar-refractivity contribution in [2.24, 2.45) is 7.05 Å². The Morgan fingerprint density at radius 1 is 1.64 bits per heavy atom. The fraction of sp³-hybridized carbons (Fsp3) is 0.250. The predicted molar refractivity (Wildman–Crippen MR) is 51.3 cm³/mol. The zero-order chi connectivity index (χ0) is 9.97. The largest absolute Gasteiger partial charge is 0.428 e. The van der Waals surface area contributed by atoms with E-state index in [0.29, 0.717) is 16.6 Å². The minimum atomic E-state index is -0.0626. The Kier molecular flexibility index (Phi) is 2.47. The fourth-order valence-electron chi connectivity index (χ4n) is 0.960. The molecule has 0 aliphatic rings. The highest BCUT2D eigenvalue weighted by Crippen LogP contribution is 2.24. The molecule has 0 bridgehead atoms. The summed E-state index contributed by atoms with van der Waals surface area (Å²) in [5.74, 6) is 0.645. The van der Waals surface area contributed by atoms with Crippen molar-refractivity contribution in [1.82, 2.24) is 14.8 Å². The summed E-state index contributed by atoms with van der Waals surface area (Å²) in [6.07, 6.45) is 3.36. The number of aromatic nitrogens is 3. The Balaban J connectivity index is 2.10. The van der Waals surface area contributed by atoms with Gasteiger partial charge in [0.2, 0.25) is 0 Å². The first-order valence-electron chi connectivity index (χ1n) is 3.99. The van der Waals surface area contributed by atoms with Crippen molar-refractivity contribution in [2.75, 3.05) is 0 Å². The number of nitrogens with zero attached hydrogens (tertiary/aromatic N) is 3. The molecule has 0 radical (unpaired) electrons. The van der Waals surface area contributed by atoms with Crippen LogP contribution in [-0.2, 0) is 13.7 Å². The van der Waals surface area contributed by atoms with Crippen molar-refractivity contribution in [3.63, 3.8) is 0 Å². The Bertz CT molecular complexity index is 424. The Hall–Kier alpha value is -1.40. The average Bonchev–Trinajstić information content (AvgIpc) is 2.76. The van der Waals surface area contributed by atoms with Gasteiger partial charge in [0, 0.05) is 12.4 Å². The van der Waals surface area contributed by atoms with Gasteiger partial charge < -0.3 is 9.84 Å². The van der Waals surface area contributed by atoms with Crippen LogP contribution in [0.1, 0.15) is 5.69 Å². The molecule has 0 spiro atoms. The van der Waals surface area contributed by atoms with Gasteiger partial charge in [-0.25, -0.2) is 4.98 Å². The first kappa shape index (κ1) is 9.17. The zero-order valence-electron chi connectivity index (χ0n) is 7.54. The maximum atomic E-state index is 8.79. The van der Waals surface area contributed by atoms with E-state index in [1.165, 1.54) is 11.3 Å². The van der Waals surface area contributed by atoms with Crippen LogP contribution in [0.25, 0.3) is 0 Å². The van der Waals surface area contributed by atoms with E-state index in [-0.39, 0.29) is 6.61 Å². The van der Waals surface area contributed by atoms with Crippen molar-refractivity contribution >= 4 is 11.3 Å². The number of aliphatic hydroxyl groups is 1. The molecule has 14 heavy (non-hydrogen) atoms. The molecule has 0 aliphatic carbocycles. The standard InChI is InChI=1S/C8H9N3O2S/c1-11-3-7(2-9-11)13-8-10-6(4-12)5-14-8/h2-3,5,12H,4H2,1H3. The highest BCUT2D eigenvalue weighted by atomic mass is 32.1. The minimum Gasteiger partial charge on any atom is -0.428 e. The zero-order valence-corrected chi connectivity index (χ0v) is 8.36. The maximum Gasteiger partial charge on any atom is 0.279 e. The van der Waals surface area contributed by atoms with E-state index >= 15 is 0 Å². The number of aliphatic hydroxyl groups excluding tert-OH is 1. The van der Waals surface area contributed by atoms with Gasteiger partial charge in [0.1, 0.15) is 0 Å². The summed E-state index contributed by atoms with van der Waals surface area (Å²) in [7, 11) is 1.81. The molecule has 2 rings (SSSR count). The molecule has 0 saturated heterocycles. The summed E-state index contributed by atoms with van der Waals surface area (Å²) >= 11 is 1.35. The lowest BCUT2D eigenvalue weighted by Gasteiger charge is -1.94. The van der Waals surface area contributed by atoms with Gasteiger partial charge in [-0.05, 0) is 0 Å². The van der Waals surface area contributed by atoms with Gasteiger partial charge in [0.05, 0.1) is 24.7 Å². The van der Waals surface area contributed by atoms with E-state index in [1.54, 1.807) is 22.5 Å². The van der Waals surface area contributed by atoms with E-state index in [2.05, 4.69) is 10.1 Å². The van der Waals surface area contributed by atoms with Crippen LogP contribution < -0.4 is 4.74 Å². The van der Waals surface area contributed by atoms with Crippen LogP contribution >= 0.6 is 11.3 Å². The SMILES string of the molecule is Cn1cc(Oc2nc(CO)cs2)cn1. The molecule has 2 heterocycles. The number of rotatable bonds is 3. The molecule has 2 aromatic heterocycles. The monoisotopic (exact) mass is 211 g/mol. The lowest BCUT2D eigenvalue weighted by molar-refractivity contribution is 0.276. The summed E-state index contributed by atoms with van der Waals surface area (Å²) in [5.41, 5.74) is 0.619.